The molecule has 1 aliphatic rings. The third kappa shape index (κ3) is 3.74. The fourth-order valence-electron chi connectivity index (χ4n) is 2.80. The molecule has 0 saturated carbocycles. The molecule has 2 rings (SSSR count). The molecular weight excluding hydrogens is 268 g/mol. The number of nitrogen functional groups attached to an aromatic ring is 1. The van der Waals surface area contributed by atoms with Crippen LogP contribution in [0, 0.1) is 0 Å². The number of nitrogens with zero attached hydrogens (tertiary/aromatic N) is 1. The first-order valence-corrected chi connectivity index (χ1v) is 7.25. The summed E-state index contributed by atoms with van der Waals surface area (Å²) >= 11 is 0. The van der Waals surface area contributed by atoms with Crippen molar-refractivity contribution in [2.45, 2.75) is 38.4 Å². The lowest BCUT2D eigenvalue weighted by molar-refractivity contribution is -0.167. The number of nitrogens with two attached hydrogens (primary N) is 1. The molecule has 1 heterocycles. The van der Waals surface area contributed by atoms with Gasteiger partial charge in [-0.1, -0.05) is 12.1 Å². The Morgan fingerprint density at radius 2 is 2.29 bits per heavy atom. The average Bonchev–Trinajstić information content (AvgIpc) is 2.44. The first-order valence-electron chi connectivity index (χ1n) is 7.25. The Morgan fingerprint density at radius 3 is 2.90 bits per heavy atom. The van der Waals surface area contributed by atoms with Crippen LogP contribution >= 0.6 is 0 Å². The summed E-state index contributed by atoms with van der Waals surface area (Å²) in [5, 5.41) is 9.34. The van der Waals surface area contributed by atoms with Crippen molar-refractivity contribution in [2.75, 3.05) is 25.4 Å². The van der Waals surface area contributed by atoms with Crippen LogP contribution in [0.3, 0.4) is 0 Å². The van der Waals surface area contributed by atoms with Crippen LogP contribution in [0.25, 0.3) is 0 Å². The van der Waals surface area contributed by atoms with Crippen LogP contribution in [0.2, 0.25) is 0 Å². The van der Waals surface area contributed by atoms with Crippen LogP contribution in [0.4, 0.5) is 5.69 Å². The molecule has 0 spiro atoms. The maximum atomic E-state index is 12.7. The zero-order valence-electron chi connectivity index (χ0n) is 12.9. The monoisotopic (exact) mass is 292 g/mol. The molecule has 1 aliphatic heterocycles. The number of hydrogen-bond donors (Lipinski definition) is 2. The highest BCUT2D eigenvalue weighted by molar-refractivity contribution is 5.83. The number of benzene rings is 1. The molecule has 1 fully saturated rings. The predicted molar refractivity (Wildman–Crippen MR) is 81.9 cm³/mol. The van der Waals surface area contributed by atoms with E-state index in [2.05, 4.69) is 0 Å². The molecule has 1 saturated heterocycles. The van der Waals surface area contributed by atoms with Gasteiger partial charge in [-0.05, 0) is 38.5 Å². The summed E-state index contributed by atoms with van der Waals surface area (Å²) in [6, 6.07) is 7.40. The number of rotatable bonds is 3. The number of aliphatic hydroxyl groups excluding tert-OH is 1. The van der Waals surface area contributed by atoms with Gasteiger partial charge in [0, 0.05) is 18.8 Å². The topological polar surface area (TPSA) is 75.8 Å². The highest BCUT2D eigenvalue weighted by Crippen LogP contribution is 2.26. The minimum absolute atomic E-state index is 0.0374. The van der Waals surface area contributed by atoms with Crippen LogP contribution in [-0.4, -0.2) is 47.3 Å². The zero-order valence-corrected chi connectivity index (χ0v) is 12.9. The number of amides is 1. The van der Waals surface area contributed by atoms with E-state index < -0.39 is 5.60 Å². The van der Waals surface area contributed by atoms with Gasteiger partial charge in [-0.15, -0.1) is 0 Å². The van der Waals surface area contributed by atoms with Gasteiger partial charge in [0.2, 0.25) is 5.91 Å². The molecule has 116 valence electrons. The maximum Gasteiger partial charge on any atom is 0.230 e. The van der Waals surface area contributed by atoms with Crippen molar-refractivity contribution < 1.29 is 14.6 Å². The Hall–Kier alpha value is -1.59. The fraction of sp³-hybridized carbons (Fsp3) is 0.562. The second-order valence-electron chi connectivity index (χ2n) is 6.29. The summed E-state index contributed by atoms with van der Waals surface area (Å²) in [7, 11) is 0. The third-order valence-corrected chi connectivity index (χ3v) is 3.78. The lowest BCUT2D eigenvalue weighted by Crippen LogP contribution is -2.56. The summed E-state index contributed by atoms with van der Waals surface area (Å²) in [4.78, 5) is 14.5. The van der Waals surface area contributed by atoms with Crippen LogP contribution in [-0.2, 0) is 9.53 Å². The molecule has 1 aromatic carbocycles. The van der Waals surface area contributed by atoms with E-state index in [0.29, 0.717) is 18.8 Å². The lowest BCUT2D eigenvalue weighted by Gasteiger charge is -2.43. The Balaban J connectivity index is 2.15. The van der Waals surface area contributed by atoms with Crippen molar-refractivity contribution in [3.63, 3.8) is 0 Å². The van der Waals surface area contributed by atoms with Gasteiger partial charge in [0.05, 0.1) is 24.2 Å². The van der Waals surface area contributed by atoms with Gasteiger partial charge in [0.15, 0.2) is 0 Å². The molecule has 2 unspecified atom stereocenters. The second-order valence-corrected chi connectivity index (χ2v) is 6.29. The SMILES string of the molecule is CC(C(=O)N1CC(CO)OC(C)(C)C1)c1cccc(N)c1. The number of hydrogen-bond acceptors (Lipinski definition) is 4. The first-order chi connectivity index (χ1) is 9.82. The van der Waals surface area contributed by atoms with Gasteiger partial charge < -0.3 is 20.5 Å². The first kappa shape index (κ1) is 15.8. The van der Waals surface area contributed by atoms with Crippen LogP contribution in [0.5, 0.6) is 0 Å². The minimum atomic E-state index is -0.448. The maximum absolute atomic E-state index is 12.7. The molecule has 0 bridgehead atoms. The number of morpholine rings is 1. The molecule has 0 radical (unpaired) electrons. The molecule has 21 heavy (non-hydrogen) atoms. The Morgan fingerprint density at radius 1 is 1.57 bits per heavy atom. The summed E-state index contributed by atoms with van der Waals surface area (Å²) in [6.07, 6.45) is -0.328. The van der Waals surface area contributed by atoms with Crippen LogP contribution in [0.15, 0.2) is 24.3 Å². The van der Waals surface area contributed by atoms with E-state index in [-0.39, 0.29) is 24.5 Å². The molecule has 0 aromatic heterocycles. The van der Waals surface area contributed by atoms with Crippen molar-refractivity contribution in [3.8, 4) is 0 Å². The van der Waals surface area contributed by atoms with Crippen molar-refractivity contribution in [1.82, 2.24) is 4.90 Å². The van der Waals surface area contributed by atoms with Gasteiger partial charge in [0.1, 0.15) is 0 Å². The van der Waals surface area contributed by atoms with Gasteiger partial charge in [-0.3, -0.25) is 4.79 Å². The third-order valence-electron chi connectivity index (χ3n) is 3.78. The summed E-state index contributed by atoms with van der Waals surface area (Å²) in [5.41, 5.74) is 6.90. The highest BCUT2D eigenvalue weighted by atomic mass is 16.5. The summed E-state index contributed by atoms with van der Waals surface area (Å²) < 4.78 is 5.74. The fourth-order valence-corrected chi connectivity index (χ4v) is 2.80. The highest BCUT2D eigenvalue weighted by Gasteiger charge is 2.36. The smallest absolute Gasteiger partial charge is 0.230 e. The number of ether oxygens (including phenoxy) is 1. The van der Waals surface area contributed by atoms with Gasteiger partial charge >= 0.3 is 0 Å². The van der Waals surface area contributed by atoms with Crippen LogP contribution in [0.1, 0.15) is 32.3 Å². The number of anilines is 1. The zero-order chi connectivity index (χ0) is 15.6. The summed E-state index contributed by atoms with van der Waals surface area (Å²) in [6.45, 7) is 6.61. The number of carbonyl (C=O) groups is 1. The minimum Gasteiger partial charge on any atom is -0.399 e. The van der Waals surface area contributed by atoms with Crippen molar-refractivity contribution in [1.29, 1.82) is 0 Å². The van der Waals surface area contributed by atoms with E-state index in [1.54, 1.807) is 11.0 Å². The Bertz CT molecular complexity index is 516. The second kappa shape index (κ2) is 6.03. The van der Waals surface area contributed by atoms with Gasteiger partial charge in [0.25, 0.3) is 0 Å². The van der Waals surface area contributed by atoms with E-state index in [9.17, 15) is 9.90 Å². The van der Waals surface area contributed by atoms with E-state index in [0.717, 1.165) is 5.56 Å². The number of carbonyl (C=O) groups excluding carboxylic acids is 1. The molecule has 5 nitrogen and oxygen atoms in total. The van der Waals surface area contributed by atoms with Crippen molar-refractivity contribution in [3.05, 3.63) is 29.8 Å². The van der Waals surface area contributed by atoms with Crippen LogP contribution < -0.4 is 5.73 Å². The Labute approximate surface area is 125 Å². The molecule has 5 heteroatoms. The van der Waals surface area contributed by atoms with E-state index in [1.165, 1.54) is 0 Å². The van der Waals surface area contributed by atoms with Gasteiger partial charge in [-0.25, -0.2) is 0 Å². The average molecular weight is 292 g/mol. The summed E-state index contributed by atoms with van der Waals surface area (Å²) in [5.74, 6) is -0.225. The molecular formula is C16H24N2O3. The standard InChI is InChI=1S/C16H24N2O3/c1-11(12-5-4-6-13(17)7-12)15(20)18-8-14(9-19)21-16(2,3)10-18/h4-7,11,14,19H,8-10,17H2,1-3H3. The van der Waals surface area contributed by atoms with Crippen molar-refractivity contribution in [2.24, 2.45) is 0 Å². The van der Waals surface area contributed by atoms with E-state index >= 15 is 0 Å². The van der Waals surface area contributed by atoms with Crippen molar-refractivity contribution >= 4 is 11.6 Å². The quantitative estimate of drug-likeness (QED) is 0.825. The molecule has 2 atom stereocenters. The predicted octanol–water partition coefficient (Wildman–Crippen LogP) is 1.37. The normalized spacial score (nSPS) is 22.9. The molecule has 3 N–H and O–H groups in total. The molecule has 1 amide bonds. The molecule has 1 aromatic rings. The lowest BCUT2D eigenvalue weighted by atomic mass is 9.97. The molecule has 0 aliphatic carbocycles. The van der Waals surface area contributed by atoms with E-state index in [4.69, 9.17) is 10.5 Å². The van der Waals surface area contributed by atoms with Gasteiger partial charge in [-0.2, -0.15) is 0 Å². The number of aliphatic hydroxyl groups is 1. The largest absolute Gasteiger partial charge is 0.399 e. The Kier molecular flexibility index (Phi) is 4.54. The van der Waals surface area contributed by atoms with E-state index in [1.807, 2.05) is 39.0 Å².